The van der Waals surface area contributed by atoms with Crippen LogP contribution in [0.1, 0.15) is 26.5 Å². The van der Waals surface area contributed by atoms with E-state index in [0.717, 1.165) is 0 Å². The second-order valence-corrected chi connectivity index (χ2v) is 4.83. The van der Waals surface area contributed by atoms with Gasteiger partial charge in [0, 0.05) is 0 Å². The molecule has 0 aliphatic carbocycles. The Balaban J connectivity index is 2.30. The maximum Gasteiger partial charge on any atom is 0.335 e. The largest absolute Gasteiger partial charge is 0.478 e. The van der Waals surface area contributed by atoms with E-state index < -0.39 is 11.9 Å². The SMILES string of the molecule is Cc1cc(C(=O)Nc2c(Cl)cc(C(=O)O)cc2Cl)co1. The minimum absolute atomic E-state index is 0.0449. The van der Waals surface area contributed by atoms with Crippen LogP contribution >= 0.6 is 23.2 Å². The lowest BCUT2D eigenvalue weighted by Gasteiger charge is -2.09. The van der Waals surface area contributed by atoms with Crippen LogP contribution in [0.3, 0.4) is 0 Å². The maximum atomic E-state index is 11.9. The number of nitrogens with one attached hydrogen (secondary N) is 1. The molecule has 0 saturated carbocycles. The van der Waals surface area contributed by atoms with Crippen LogP contribution in [0.2, 0.25) is 10.0 Å². The molecule has 0 bridgehead atoms. The highest BCUT2D eigenvalue weighted by Gasteiger charge is 2.16. The Bertz CT molecular complexity index is 670. The molecule has 1 heterocycles. The van der Waals surface area contributed by atoms with Crippen molar-refractivity contribution >= 4 is 40.8 Å². The summed E-state index contributed by atoms with van der Waals surface area (Å²) in [5.74, 6) is -1.01. The van der Waals surface area contributed by atoms with Gasteiger partial charge in [-0.1, -0.05) is 23.2 Å². The Kier molecular flexibility index (Phi) is 4.01. The number of amides is 1. The van der Waals surface area contributed by atoms with E-state index in [0.29, 0.717) is 11.3 Å². The minimum atomic E-state index is -1.16. The summed E-state index contributed by atoms with van der Waals surface area (Å²) in [6.45, 7) is 1.71. The van der Waals surface area contributed by atoms with Crippen molar-refractivity contribution in [2.75, 3.05) is 5.32 Å². The van der Waals surface area contributed by atoms with Crippen molar-refractivity contribution in [3.63, 3.8) is 0 Å². The molecule has 0 fully saturated rings. The maximum absolute atomic E-state index is 11.9. The summed E-state index contributed by atoms with van der Waals surface area (Å²) in [6.07, 6.45) is 1.30. The number of benzene rings is 1. The van der Waals surface area contributed by atoms with Gasteiger partial charge < -0.3 is 14.8 Å². The zero-order valence-electron chi connectivity index (χ0n) is 10.2. The summed E-state index contributed by atoms with van der Waals surface area (Å²) in [7, 11) is 0. The topological polar surface area (TPSA) is 79.5 Å². The van der Waals surface area contributed by atoms with E-state index in [2.05, 4.69) is 5.32 Å². The van der Waals surface area contributed by atoms with Gasteiger partial charge in [0.2, 0.25) is 0 Å². The Hall–Kier alpha value is -1.98. The Morgan fingerprint density at radius 2 is 1.75 bits per heavy atom. The van der Waals surface area contributed by atoms with Gasteiger partial charge in [-0.3, -0.25) is 4.79 Å². The number of aryl methyl sites for hydroxylation is 1. The van der Waals surface area contributed by atoms with Crippen LogP contribution in [0.5, 0.6) is 0 Å². The zero-order chi connectivity index (χ0) is 14.9. The molecular formula is C13H9Cl2NO4. The molecule has 5 nitrogen and oxygen atoms in total. The highest BCUT2D eigenvalue weighted by atomic mass is 35.5. The van der Waals surface area contributed by atoms with Crippen molar-refractivity contribution in [1.82, 2.24) is 0 Å². The lowest BCUT2D eigenvalue weighted by atomic mass is 10.2. The number of hydrogen-bond acceptors (Lipinski definition) is 3. The van der Waals surface area contributed by atoms with Gasteiger partial charge in [-0.25, -0.2) is 4.79 Å². The second kappa shape index (κ2) is 5.56. The van der Waals surface area contributed by atoms with Crippen LogP contribution in [-0.2, 0) is 0 Å². The van der Waals surface area contributed by atoms with Crippen molar-refractivity contribution in [1.29, 1.82) is 0 Å². The first-order valence-corrected chi connectivity index (χ1v) is 6.23. The molecule has 0 spiro atoms. The van der Waals surface area contributed by atoms with E-state index in [1.54, 1.807) is 13.0 Å². The van der Waals surface area contributed by atoms with Gasteiger partial charge in [0.05, 0.1) is 26.9 Å². The number of carbonyl (C=O) groups excluding carboxylic acids is 1. The first-order valence-electron chi connectivity index (χ1n) is 5.47. The normalized spacial score (nSPS) is 10.3. The van der Waals surface area contributed by atoms with E-state index in [-0.39, 0.29) is 21.3 Å². The number of hydrogen-bond donors (Lipinski definition) is 2. The molecular weight excluding hydrogens is 305 g/mol. The number of anilines is 1. The number of aromatic carboxylic acids is 1. The molecule has 104 valence electrons. The van der Waals surface area contributed by atoms with Crippen molar-refractivity contribution in [3.05, 3.63) is 51.4 Å². The van der Waals surface area contributed by atoms with Crippen LogP contribution in [0.15, 0.2) is 28.9 Å². The smallest absolute Gasteiger partial charge is 0.335 e. The molecule has 0 atom stereocenters. The highest BCUT2D eigenvalue weighted by Crippen LogP contribution is 2.32. The summed E-state index contributed by atoms with van der Waals surface area (Å²) in [5, 5.41) is 11.5. The third-order valence-electron chi connectivity index (χ3n) is 2.52. The quantitative estimate of drug-likeness (QED) is 0.902. The molecule has 1 aromatic heterocycles. The Morgan fingerprint density at radius 3 is 2.20 bits per heavy atom. The van der Waals surface area contributed by atoms with E-state index in [1.807, 2.05) is 0 Å². The van der Waals surface area contributed by atoms with Crippen LogP contribution in [0.25, 0.3) is 0 Å². The molecule has 0 aliphatic rings. The number of rotatable bonds is 3. The van der Waals surface area contributed by atoms with Crippen molar-refractivity contribution < 1.29 is 19.1 Å². The lowest BCUT2D eigenvalue weighted by molar-refractivity contribution is 0.0696. The standard InChI is InChI=1S/C13H9Cl2NO4/c1-6-2-8(5-20-6)12(17)16-11-9(14)3-7(13(18)19)4-10(11)15/h2-5H,1H3,(H,16,17)(H,18,19). The van der Waals surface area contributed by atoms with E-state index in [9.17, 15) is 9.59 Å². The predicted octanol–water partition coefficient (Wildman–Crippen LogP) is 3.85. The van der Waals surface area contributed by atoms with Crippen LogP contribution < -0.4 is 5.32 Å². The molecule has 1 amide bonds. The third-order valence-corrected chi connectivity index (χ3v) is 3.12. The molecule has 20 heavy (non-hydrogen) atoms. The van der Waals surface area contributed by atoms with Gasteiger partial charge >= 0.3 is 5.97 Å². The molecule has 2 aromatic rings. The summed E-state index contributed by atoms with van der Waals surface area (Å²) in [6, 6.07) is 3.99. The van der Waals surface area contributed by atoms with Crippen molar-refractivity contribution in [3.8, 4) is 0 Å². The van der Waals surface area contributed by atoms with E-state index in [4.69, 9.17) is 32.7 Å². The van der Waals surface area contributed by atoms with Gasteiger partial charge in [0.25, 0.3) is 5.91 Å². The first-order chi connectivity index (χ1) is 9.38. The van der Waals surface area contributed by atoms with Crippen molar-refractivity contribution in [2.24, 2.45) is 0 Å². The summed E-state index contributed by atoms with van der Waals surface area (Å²) < 4.78 is 5.03. The Morgan fingerprint density at radius 1 is 1.15 bits per heavy atom. The van der Waals surface area contributed by atoms with Gasteiger partial charge in [-0.05, 0) is 25.1 Å². The number of carboxylic acid groups (broad SMARTS) is 1. The minimum Gasteiger partial charge on any atom is -0.478 e. The average Bonchev–Trinajstić information content (AvgIpc) is 2.80. The molecule has 0 aliphatic heterocycles. The fourth-order valence-corrected chi connectivity index (χ4v) is 2.15. The molecule has 2 N–H and O–H groups in total. The molecule has 1 aromatic carbocycles. The van der Waals surface area contributed by atoms with Gasteiger partial charge in [-0.15, -0.1) is 0 Å². The number of carbonyl (C=O) groups is 2. The molecule has 0 radical (unpaired) electrons. The predicted molar refractivity (Wildman–Crippen MR) is 74.8 cm³/mol. The van der Waals surface area contributed by atoms with Crippen molar-refractivity contribution in [2.45, 2.75) is 6.92 Å². The monoisotopic (exact) mass is 313 g/mol. The average molecular weight is 314 g/mol. The van der Waals surface area contributed by atoms with E-state index in [1.165, 1.54) is 18.4 Å². The summed E-state index contributed by atoms with van der Waals surface area (Å²) in [4.78, 5) is 22.8. The van der Waals surface area contributed by atoms with Crippen LogP contribution in [0.4, 0.5) is 5.69 Å². The molecule has 0 unspecified atom stereocenters. The van der Waals surface area contributed by atoms with Crippen LogP contribution in [-0.4, -0.2) is 17.0 Å². The van der Waals surface area contributed by atoms with Gasteiger partial charge in [0.1, 0.15) is 12.0 Å². The van der Waals surface area contributed by atoms with E-state index >= 15 is 0 Å². The highest BCUT2D eigenvalue weighted by molar-refractivity contribution is 6.40. The second-order valence-electron chi connectivity index (χ2n) is 4.02. The number of halogens is 2. The first kappa shape index (κ1) is 14.4. The molecule has 7 heteroatoms. The number of carboxylic acids is 1. The van der Waals surface area contributed by atoms with Crippen LogP contribution in [0, 0.1) is 6.92 Å². The fourth-order valence-electron chi connectivity index (χ4n) is 1.56. The third kappa shape index (κ3) is 2.95. The Labute approximate surface area is 124 Å². The lowest BCUT2D eigenvalue weighted by Crippen LogP contribution is -2.12. The fraction of sp³-hybridized carbons (Fsp3) is 0.0769. The van der Waals surface area contributed by atoms with Gasteiger partial charge in [0.15, 0.2) is 0 Å². The van der Waals surface area contributed by atoms with Gasteiger partial charge in [-0.2, -0.15) is 0 Å². The zero-order valence-corrected chi connectivity index (χ0v) is 11.7. The molecule has 2 rings (SSSR count). The molecule has 0 saturated heterocycles. The summed E-state index contributed by atoms with van der Waals surface area (Å²) in [5.41, 5.74) is 0.413. The number of furan rings is 1. The summed E-state index contributed by atoms with van der Waals surface area (Å²) >= 11 is 11.9.